The van der Waals surface area contributed by atoms with Crippen molar-refractivity contribution >= 4 is 28.2 Å². The van der Waals surface area contributed by atoms with Gasteiger partial charge in [0.2, 0.25) is 5.91 Å². The molecule has 5 nitrogen and oxygen atoms in total. The molecule has 1 aromatic heterocycles. The normalized spacial score (nSPS) is 18.3. The molecule has 2 rings (SSSR count). The van der Waals surface area contributed by atoms with Crippen molar-refractivity contribution in [1.82, 2.24) is 0 Å². The van der Waals surface area contributed by atoms with Gasteiger partial charge in [-0.25, -0.2) is 4.79 Å². The number of nitrogens with one attached hydrogen (secondary N) is 1. The van der Waals surface area contributed by atoms with Gasteiger partial charge in [-0.2, -0.15) is 0 Å². The summed E-state index contributed by atoms with van der Waals surface area (Å²) in [6.07, 6.45) is 2.54. The van der Waals surface area contributed by atoms with Crippen molar-refractivity contribution in [3.63, 3.8) is 0 Å². The monoisotopic (exact) mass is 311 g/mol. The quantitative estimate of drug-likeness (QED) is 0.849. The van der Waals surface area contributed by atoms with Crippen molar-refractivity contribution in [3.8, 4) is 0 Å². The minimum atomic E-state index is -0.386. The molecule has 6 heteroatoms. The Morgan fingerprint density at radius 2 is 2.29 bits per heavy atom. The fourth-order valence-corrected chi connectivity index (χ4v) is 3.22. The summed E-state index contributed by atoms with van der Waals surface area (Å²) >= 11 is 1.43. The molecule has 1 saturated heterocycles. The molecule has 1 unspecified atom stereocenters. The Morgan fingerprint density at radius 3 is 2.90 bits per heavy atom. The Morgan fingerprint density at radius 1 is 1.48 bits per heavy atom. The number of hydrogen-bond donors (Lipinski definition) is 1. The lowest BCUT2D eigenvalue weighted by molar-refractivity contribution is -0.123. The maximum Gasteiger partial charge on any atom is 0.341 e. The number of thiophene rings is 1. The molecule has 2 heterocycles. The molecule has 1 N–H and O–H groups in total. The lowest BCUT2D eigenvalue weighted by Crippen LogP contribution is -2.30. The van der Waals surface area contributed by atoms with Gasteiger partial charge in [0, 0.05) is 11.5 Å². The van der Waals surface area contributed by atoms with E-state index in [2.05, 4.69) is 5.32 Å². The molecule has 1 aromatic rings. The minimum absolute atomic E-state index is 0.0789. The van der Waals surface area contributed by atoms with E-state index in [9.17, 15) is 9.59 Å². The van der Waals surface area contributed by atoms with Crippen molar-refractivity contribution in [2.75, 3.05) is 25.1 Å². The van der Waals surface area contributed by atoms with E-state index in [-0.39, 0.29) is 17.8 Å². The Hall–Kier alpha value is -1.40. The number of hydrogen-bond acceptors (Lipinski definition) is 5. The van der Waals surface area contributed by atoms with E-state index in [0.29, 0.717) is 23.8 Å². The van der Waals surface area contributed by atoms with Crippen LogP contribution in [0.2, 0.25) is 0 Å². The van der Waals surface area contributed by atoms with Gasteiger partial charge in [0.05, 0.1) is 24.7 Å². The zero-order valence-corrected chi connectivity index (χ0v) is 13.3. The average molecular weight is 311 g/mol. The first-order valence-corrected chi connectivity index (χ1v) is 8.15. The maximum absolute atomic E-state index is 12.3. The first-order chi connectivity index (χ1) is 10.2. The van der Waals surface area contributed by atoms with Crippen LogP contribution in [0, 0.1) is 5.92 Å². The van der Waals surface area contributed by atoms with Crippen LogP contribution in [0.15, 0.2) is 6.07 Å². The van der Waals surface area contributed by atoms with Gasteiger partial charge >= 0.3 is 5.97 Å². The van der Waals surface area contributed by atoms with Crippen LogP contribution in [-0.2, 0) is 20.7 Å². The highest BCUT2D eigenvalue weighted by molar-refractivity contribution is 7.16. The lowest BCUT2D eigenvalue weighted by Gasteiger charge is -2.21. The predicted molar refractivity (Wildman–Crippen MR) is 81.8 cm³/mol. The van der Waals surface area contributed by atoms with Crippen molar-refractivity contribution < 1.29 is 19.1 Å². The smallest absolute Gasteiger partial charge is 0.341 e. The summed E-state index contributed by atoms with van der Waals surface area (Å²) in [5.41, 5.74) is 0.448. The fraction of sp³-hybridized carbons (Fsp3) is 0.600. The van der Waals surface area contributed by atoms with Crippen LogP contribution < -0.4 is 5.32 Å². The summed E-state index contributed by atoms with van der Waals surface area (Å²) in [5, 5.41) is 3.46. The topological polar surface area (TPSA) is 64.6 Å². The van der Waals surface area contributed by atoms with Crippen LogP contribution >= 0.6 is 11.3 Å². The Balaban J connectivity index is 2.12. The zero-order chi connectivity index (χ0) is 15.2. The highest BCUT2D eigenvalue weighted by Gasteiger charge is 2.25. The second-order valence-electron chi connectivity index (χ2n) is 4.93. The third kappa shape index (κ3) is 4.04. The molecular formula is C15H21NO4S. The molecular weight excluding hydrogens is 290 g/mol. The maximum atomic E-state index is 12.3. The number of aryl methyl sites for hydroxylation is 1. The molecule has 0 spiro atoms. The van der Waals surface area contributed by atoms with Gasteiger partial charge in [0.1, 0.15) is 5.00 Å². The number of carbonyl (C=O) groups is 2. The molecule has 0 aromatic carbocycles. The first kappa shape index (κ1) is 16.0. The number of amides is 1. The standard InChI is InChI=1S/C15H21NO4S/c1-3-11-8-12(15(18)20-4-2)14(21-11)16-13(17)10-6-5-7-19-9-10/h8,10H,3-7,9H2,1-2H3,(H,16,17). The summed E-state index contributed by atoms with van der Waals surface area (Å²) < 4.78 is 10.4. The molecule has 1 atom stereocenters. The molecule has 0 radical (unpaired) electrons. The number of rotatable bonds is 5. The average Bonchev–Trinajstić information content (AvgIpc) is 2.91. The molecule has 1 aliphatic heterocycles. The van der Waals surface area contributed by atoms with Gasteiger partial charge in [0.15, 0.2) is 0 Å². The van der Waals surface area contributed by atoms with Crippen molar-refractivity contribution in [2.45, 2.75) is 33.1 Å². The molecule has 0 aliphatic carbocycles. The van der Waals surface area contributed by atoms with Crippen molar-refractivity contribution in [3.05, 3.63) is 16.5 Å². The van der Waals surface area contributed by atoms with E-state index in [1.54, 1.807) is 13.0 Å². The predicted octanol–water partition coefficient (Wildman–Crippen LogP) is 2.85. The summed E-state index contributed by atoms with van der Waals surface area (Å²) in [5.74, 6) is -0.602. The van der Waals surface area contributed by atoms with E-state index < -0.39 is 0 Å². The minimum Gasteiger partial charge on any atom is -0.462 e. The largest absolute Gasteiger partial charge is 0.462 e. The van der Waals surface area contributed by atoms with Crippen LogP contribution in [0.25, 0.3) is 0 Å². The van der Waals surface area contributed by atoms with E-state index in [4.69, 9.17) is 9.47 Å². The van der Waals surface area contributed by atoms with Gasteiger partial charge in [-0.15, -0.1) is 11.3 Å². The SMILES string of the molecule is CCOC(=O)c1cc(CC)sc1NC(=O)C1CCCOC1. The van der Waals surface area contributed by atoms with Crippen LogP contribution in [-0.4, -0.2) is 31.7 Å². The lowest BCUT2D eigenvalue weighted by atomic mass is 10.0. The zero-order valence-electron chi connectivity index (χ0n) is 12.4. The van der Waals surface area contributed by atoms with E-state index in [0.717, 1.165) is 30.7 Å². The van der Waals surface area contributed by atoms with Crippen molar-refractivity contribution in [2.24, 2.45) is 5.92 Å². The molecule has 116 valence electrons. The second-order valence-corrected chi connectivity index (χ2v) is 6.07. The van der Waals surface area contributed by atoms with Gasteiger partial charge in [-0.3, -0.25) is 4.79 Å². The molecule has 21 heavy (non-hydrogen) atoms. The number of carbonyl (C=O) groups excluding carboxylic acids is 2. The molecule has 0 saturated carbocycles. The van der Waals surface area contributed by atoms with Crippen LogP contribution in [0.3, 0.4) is 0 Å². The van der Waals surface area contributed by atoms with E-state index >= 15 is 0 Å². The fourth-order valence-electron chi connectivity index (χ4n) is 2.23. The van der Waals surface area contributed by atoms with Crippen LogP contribution in [0.4, 0.5) is 5.00 Å². The number of anilines is 1. The number of esters is 1. The summed E-state index contributed by atoms with van der Waals surface area (Å²) in [4.78, 5) is 25.3. The number of ether oxygens (including phenoxy) is 2. The second kappa shape index (κ2) is 7.56. The van der Waals surface area contributed by atoms with Crippen molar-refractivity contribution in [1.29, 1.82) is 0 Å². The third-order valence-electron chi connectivity index (χ3n) is 3.39. The van der Waals surface area contributed by atoms with Gasteiger partial charge in [-0.1, -0.05) is 6.92 Å². The van der Waals surface area contributed by atoms with Gasteiger partial charge in [-0.05, 0) is 32.3 Å². The molecule has 0 bridgehead atoms. The third-order valence-corrected chi connectivity index (χ3v) is 4.59. The molecule has 1 amide bonds. The molecule has 1 fully saturated rings. The van der Waals surface area contributed by atoms with E-state index in [1.807, 2.05) is 6.92 Å². The Bertz CT molecular complexity index is 506. The Kier molecular flexibility index (Phi) is 5.76. The highest BCUT2D eigenvalue weighted by atomic mass is 32.1. The Labute approximate surface area is 128 Å². The summed E-state index contributed by atoms with van der Waals surface area (Å²) in [6, 6.07) is 1.80. The first-order valence-electron chi connectivity index (χ1n) is 7.34. The summed E-state index contributed by atoms with van der Waals surface area (Å²) in [6.45, 7) is 5.27. The van der Waals surface area contributed by atoms with E-state index in [1.165, 1.54) is 11.3 Å². The summed E-state index contributed by atoms with van der Waals surface area (Å²) in [7, 11) is 0. The van der Waals surface area contributed by atoms with Crippen LogP contribution in [0.5, 0.6) is 0 Å². The van der Waals surface area contributed by atoms with Gasteiger partial charge in [0.25, 0.3) is 0 Å². The van der Waals surface area contributed by atoms with Gasteiger partial charge < -0.3 is 14.8 Å². The van der Waals surface area contributed by atoms with Crippen LogP contribution in [0.1, 0.15) is 41.9 Å². The highest BCUT2D eigenvalue weighted by Crippen LogP contribution is 2.30. The molecule has 1 aliphatic rings.